The molecule has 1 saturated heterocycles. The molecule has 0 saturated carbocycles. The number of nitrogens with one attached hydrogen (secondary N) is 1. The van der Waals surface area contributed by atoms with Crippen LogP contribution in [0, 0.1) is 5.92 Å². The Morgan fingerprint density at radius 3 is 2.93 bits per heavy atom. The van der Waals surface area contributed by atoms with E-state index in [1.807, 2.05) is 31.3 Å². The Kier molecular flexibility index (Phi) is 7.28. The molecule has 2 aromatic rings. The third-order valence-corrected chi connectivity index (χ3v) is 5.39. The van der Waals surface area contributed by atoms with Crippen molar-refractivity contribution in [3.8, 4) is 11.4 Å². The summed E-state index contributed by atoms with van der Waals surface area (Å²) < 4.78 is 5.37. The van der Waals surface area contributed by atoms with Gasteiger partial charge in [0.05, 0.1) is 6.54 Å². The molecule has 0 radical (unpaired) electrons. The molecule has 1 fully saturated rings. The first kappa shape index (κ1) is 20.6. The Hall–Kier alpha value is -2.12. The van der Waals surface area contributed by atoms with Gasteiger partial charge in [0.1, 0.15) is 0 Å². The first-order valence-corrected chi connectivity index (χ1v) is 10.3. The average molecular weight is 405 g/mol. The molecule has 0 bridgehead atoms. The zero-order chi connectivity index (χ0) is 19.9. The molecule has 8 heteroatoms. The number of likely N-dealkylation sites (tertiary alicyclic amines) is 1. The van der Waals surface area contributed by atoms with Crippen molar-refractivity contribution < 1.29 is 4.52 Å². The minimum Gasteiger partial charge on any atom is -0.347 e. The molecule has 3 rings (SSSR count). The summed E-state index contributed by atoms with van der Waals surface area (Å²) in [5.41, 5.74) is 0.839. The predicted molar refractivity (Wildman–Crippen MR) is 112 cm³/mol. The van der Waals surface area contributed by atoms with Crippen molar-refractivity contribution in [2.24, 2.45) is 10.9 Å². The summed E-state index contributed by atoms with van der Waals surface area (Å²) in [4.78, 5) is 13.7. The number of rotatable bonds is 7. The van der Waals surface area contributed by atoms with Crippen LogP contribution in [0.4, 0.5) is 0 Å². The third-order valence-electron chi connectivity index (χ3n) is 5.16. The molecule has 1 aromatic heterocycles. The Labute approximate surface area is 171 Å². The number of hydrogen-bond donors (Lipinski definition) is 1. The van der Waals surface area contributed by atoms with Crippen molar-refractivity contribution in [3.63, 3.8) is 0 Å². The highest BCUT2D eigenvalue weighted by molar-refractivity contribution is 6.30. The van der Waals surface area contributed by atoms with E-state index in [9.17, 15) is 0 Å². The fourth-order valence-electron chi connectivity index (χ4n) is 3.58. The smallest absolute Gasteiger partial charge is 0.246 e. The second-order valence-corrected chi connectivity index (χ2v) is 7.45. The van der Waals surface area contributed by atoms with E-state index < -0.39 is 0 Å². The van der Waals surface area contributed by atoms with Crippen LogP contribution in [0.5, 0.6) is 0 Å². The number of guanidine groups is 1. The lowest BCUT2D eigenvalue weighted by Crippen LogP contribution is -2.40. The third kappa shape index (κ3) is 5.23. The largest absolute Gasteiger partial charge is 0.347 e. The van der Waals surface area contributed by atoms with Gasteiger partial charge in [-0.25, -0.2) is 0 Å². The first-order valence-electron chi connectivity index (χ1n) is 9.89. The van der Waals surface area contributed by atoms with Gasteiger partial charge in [0.15, 0.2) is 5.96 Å². The van der Waals surface area contributed by atoms with Gasteiger partial charge in [0.25, 0.3) is 0 Å². The molecule has 1 aliphatic rings. The molecule has 7 nitrogen and oxygen atoms in total. The Morgan fingerprint density at radius 1 is 1.39 bits per heavy atom. The maximum atomic E-state index is 6.03. The van der Waals surface area contributed by atoms with Crippen LogP contribution in [0.2, 0.25) is 5.02 Å². The summed E-state index contributed by atoms with van der Waals surface area (Å²) in [6.07, 6.45) is 1.19. The summed E-state index contributed by atoms with van der Waals surface area (Å²) in [6, 6.07) is 7.42. The molecule has 0 amide bonds. The number of aromatic nitrogens is 2. The number of hydrogen-bond acceptors (Lipinski definition) is 5. The molecule has 152 valence electrons. The van der Waals surface area contributed by atoms with Crippen molar-refractivity contribution in [3.05, 3.63) is 35.2 Å². The van der Waals surface area contributed by atoms with Crippen LogP contribution in [-0.2, 0) is 6.54 Å². The number of halogens is 1. The molecule has 0 aliphatic carbocycles. The summed E-state index contributed by atoms with van der Waals surface area (Å²) in [5, 5.41) is 8.04. The monoisotopic (exact) mass is 404 g/mol. The molecule has 1 atom stereocenters. The highest BCUT2D eigenvalue weighted by Crippen LogP contribution is 2.20. The van der Waals surface area contributed by atoms with Gasteiger partial charge >= 0.3 is 0 Å². The van der Waals surface area contributed by atoms with Crippen molar-refractivity contribution in [1.82, 2.24) is 25.3 Å². The van der Waals surface area contributed by atoms with Gasteiger partial charge in [-0.05, 0) is 37.6 Å². The molecule has 1 unspecified atom stereocenters. The van der Waals surface area contributed by atoms with Gasteiger partial charge in [0.2, 0.25) is 11.7 Å². The second-order valence-electron chi connectivity index (χ2n) is 7.01. The van der Waals surface area contributed by atoms with E-state index >= 15 is 0 Å². The topological polar surface area (TPSA) is 69.8 Å². The molecule has 1 N–H and O–H groups in total. The lowest BCUT2D eigenvalue weighted by Gasteiger charge is -2.24. The quantitative estimate of drug-likeness (QED) is 0.564. The van der Waals surface area contributed by atoms with E-state index in [4.69, 9.17) is 16.1 Å². The molecule has 2 heterocycles. The van der Waals surface area contributed by atoms with E-state index in [1.54, 1.807) is 0 Å². The van der Waals surface area contributed by atoms with E-state index in [2.05, 4.69) is 44.1 Å². The summed E-state index contributed by atoms with van der Waals surface area (Å²) in [6.45, 7) is 10.3. The summed E-state index contributed by atoms with van der Waals surface area (Å²) in [5.74, 6) is 2.62. The van der Waals surface area contributed by atoms with Crippen LogP contribution < -0.4 is 5.32 Å². The molecule has 1 aliphatic heterocycles. The maximum absolute atomic E-state index is 6.03. The van der Waals surface area contributed by atoms with Crippen LogP contribution in [0.25, 0.3) is 11.4 Å². The maximum Gasteiger partial charge on any atom is 0.246 e. The van der Waals surface area contributed by atoms with Crippen LogP contribution in [0.15, 0.2) is 33.8 Å². The number of nitrogens with zero attached hydrogens (tertiary/aromatic N) is 5. The SMILES string of the molecule is CCN(CC)CC1CCN(C(=NC)NCc2nc(-c3cccc(Cl)c3)no2)C1. The minimum absolute atomic E-state index is 0.442. The van der Waals surface area contributed by atoms with Crippen molar-refractivity contribution in [2.75, 3.05) is 39.8 Å². The van der Waals surface area contributed by atoms with E-state index in [0.29, 0.717) is 29.2 Å². The van der Waals surface area contributed by atoms with Gasteiger partial charge in [0, 0.05) is 37.3 Å². The molecular formula is C20H29ClN6O. The normalized spacial score (nSPS) is 17.5. The van der Waals surface area contributed by atoms with Crippen LogP contribution in [-0.4, -0.2) is 65.7 Å². The zero-order valence-electron chi connectivity index (χ0n) is 16.9. The standard InChI is InChI=1S/C20H29ClN6O/c1-4-26(5-2)13-15-9-10-27(14-15)20(22-3)23-12-18-24-19(25-28-18)16-7-6-8-17(21)11-16/h6-8,11,15H,4-5,9-10,12-14H2,1-3H3,(H,22,23). The first-order chi connectivity index (χ1) is 13.6. The Balaban J connectivity index is 1.54. The molecular weight excluding hydrogens is 376 g/mol. The van der Waals surface area contributed by atoms with Gasteiger partial charge in [-0.3, -0.25) is 4.99 Å². The fraction of sp³-hybridized carbons (Fsp3) is 0.550. The van der Waals surface area contributed by atoms with Gasteiger partial charge in [-0.2, -0.15) is 4.98 Å². The van der Waals surface area contributed by atoms with Crippen LogP contribution >= 0.6 is 11.6 Å². The van der Waals surface area contributed by atoms with Gasteiger partial charge in [-0.1, -0.05) is 42.7 Å². The summed E-state index contributed by atoms with van der Waals surface area (Å²) >= 11 is 6.03. The van der Waals surface area contributed by atoms with Crippen LogP contribution in [0.3, 0.4) is 0 Å². The van der Waals surface area contributed by atoms with Gasteiger partial charge < -0.3 is 19.6 Å². The Morgan fingerprint density at radius 2 is 2.21 bits per heavy atom. The fourth-order valence-corrected chi connectivity index (χ4v) is 3.77. The predicted octanol–water partition coefficient (Wildman–Crippen LogP) is 3.13. The number of aliphatic imine (C=N–C) groups is 1. The lowest BCUT2D eigenvalue weighted by molar-refractivity contribution is 0.255. The summed E-state index contributed by atoms with van der Waals surface area (Å²) in [7, 11) is 1.81. The number of benzene rings is 1. The molecule has 0 spiro atoms. The van der Waals surface area contributed by atoms with E-state index in [0.717, 1.165) is 44.2 Å². The van der Waals surface area contributed by atoms with Gasteiger partial charge in [-0.15, -0.1) is 0 Å². The van der Waals surface area contributed by atoms with Crippen molar-refractivity contribution >= 4 is 17.6 Å². The highest BCUT2D eigenvalue weighted by Gasteiger charge is 2.26. The Bertz CT molecular complexity index is 789. The molecule has 28 heavy (non-hydrogen) atoms. The van der Waals surface area contributed by atoms with Crippen molar-refractivity contribution in [1.29, 1.82) is 0 Å². The van der Waals surface area contributed by atoms with Crippen molar-refractivity contribution in [2.45, 2.75) is 26.8 Å². The molecule has 1 aromatic carbocycles. The average Bonchev–Trinajstić information content (AvgIpc) is 3.36. The second kappa shape index (κ2) is 9.89. The minimum atomic E-state index is 0.442. The van der Waals surface area contributed by atoms with E-state index in [1.165, 1.54) is 6.42 Å². The van der Waals surface area contributed by atoms with Crippen LogP contribution in [0.1, 0.15) is 26.2 Å². The highest BCUT2D eigenvalue weighted by atomic mass is 35.5. The zero-order valence-corrected chi connectivity index (χ0v) is 17.6. The lowest BCUT2D eigenvalue weighted by atomic mass is 10.1. The van der Waals surface area contributed by atoms with E-state index in [-0.39, 0.29) is 0 Å².